The summed E-state index contributed by atoms with van der Waals surface area (Å²) in [5.74, 6) is -0.291. The van der Waals surface area contributed by atoms with Crippen LogP contribution in [0.25, 0.3) is 0 Å². The molecule has 1 rings (SSSR count). The predicted octanol–water partition coefficient (Wildman–Crippen LogP) is 1.76. The minimum Gasteiger partial charge on any atom is -0.207 e. The van der Waals surface area contributed by atoms with Gasteiger partial charge in [-0.3, -0.25) is 0 Å². The smallest absolute Gasteiger partial charge is 0.123 e. The predicted molar refractivity (Wildman–Crippen MR) is 28.7 cm³/mol. The average Bonchev–Trinajstić information content (AvgIpc) is 1.77. The number of hydrogen-bond donors (Lipinski definition) is 0. The lowest BCUT2D eigenvalue weighted by molar-refractivity contribution is 0.627. The van der Waals surface area contributed by atoms with Gasteiger partial charge in [-0.25, -0.2) is 4.39 Å². The number of halogens is 1. The van der Waals surface area contributed by atoms with Gasteiger partial charge in [-0.2, -0.15) is 0 Å². The Bertz CT molecular complexity index is 143. The fraction of sp³-hybridized carbons (Fsp3) is 0. The van der Waals surface area contributed by atoms with E-state index in [0.29, 0.717) is 5.56 Å². The minimum absolute atomic E-state index is 0.291. The first-order valence-corrected chi connectivity index (χ1v) is 2.26. The molecule has 0 atom stereocenters. The molecule has 39 valence electrons. The molecule has 0 saturated heterocycles. The third-order valence-corrected chi connectivity index (χ3v) is 0.844. The highest BCUT2D eigenvalue weighted by Crippen LogP contribution is 1.98. The molecule has 0 aliphatic rings. The topological polar surface area (TPSA) is 0 Å². The van der Waals surface area contributed by atoms with Crippen LogP contribution in [0.2, 0.25) is 0 Å². The van der Waals surface area contributed by atoms with Crippen LogP contribution in [-0.4, -0.2) is 0 Å². The van der Waals surface area contributed by atoms with Gasteiger partial charge in [0.05, 0.1) is 0 Å². The van der Waals surface area contributed by atoms with Gasteiger partial charge in [-0.15, -0.1) is 0 Å². The van der Waals surface area contributed by atoms with Crippen molar-refractivity contribution < 1.29 is 4.39 Å². The maximum atomic E-state index is 12.0. The van der Waals surface area contributed by atoms with E-state index in [1.165, 1.54) is 24.3 Å². The molecule has 0 nitrogen and oxygen atoms in total. The van der Waals surface area contributed by atoms with E-state index in [0.717, 1.165) is 0 Å². The first kappa shape index (κ1) is 5.29. The molecular weight excluding hydrogens is 103 g/mol. The van der Waals surface area contributed by atoms with Gasteiger partial charge in [0, 0.05) is 6.92 Å². The van der Waals surface area contributed by atoms with E-state index >= 15 is 0 Å². The van der Waals surface area contributed by atoms with Gasteiger partial charge in [-0.05, 0) is 17.7 Å². The van der Waals surface area contributed by atoms with E-state index in [-0.39, 0.29) is 5.82 Å². The molecule has 8 heavy (non-hydrogen) atoms. The van der Waals surface area contributed by atoms with E-state index in [9.17, 15) is 4.39 Å². The largest absolute Gasteiger partial charge is 0.207 e. The highest BCUT2D eigenvalue weighted by molar-refractivity contribution is 5.17. The summed E-state index contributed by atoms with van der Waals surface area (Å²) in [4.78, 5) is 0. The summed E-state index contributed by atoms with van der Waals surface area (Å²) >= 11 is 0. The zero-order valence-corrected chi connectivity index (χ0v) is 4.19. The van der Waals surface area contributed by atoms with Crippen molar-refractivity contribution in [3.05, 3.63) is 42.6 Å². The van der Waals surface area contributed by atoms with Crippen LogP contribution < -0.4 is 0 Å². The molecule has 0 fully saturated rings. The lowest BCUT2D eigenvalue weighted by Crippen LogP contribution is -1.71. The van der Waals surface area contributed by atoms with Gasteiger partial charge in [0.15, 0.2) is 0 Å². The van der Waals surface area contributed by atoms with Gasteiger partial charge in [0.2, 0.25) is 0 Å². The first-order chi connectivity index (χ1) is 3.79. The zero-order chi connectivity index (χ0) is 5.98. The van der Waals surface area contributed by atoms with Crippen LogP contribution in [0, 0.1) is 12.7 Å². The molecule has 0 aromatic heterocycles. The summed E-state index contributed by atoms with van der Waals surface area (Å²) in [5, 5.41) is 0. The van der Waals surface area contributed by atoms with Crippen molar-refractivity contribution in [2.24, 2.45) is 0 Å². The summed E-state index contributed by atoms with van der Waals surface area (Å²) in [6.07, 6.45) is 0. The Morgan fingerprint density at radius 3 is 2.00 bits per heavy atom. The third kappa shape index (κ3) is 1.06. The maximum absolute atomic E-state index is 12.0. The number of rotatable bonds is 0. The fourth-order valence-electron chi connectivity index (χ4n) is 0.450. The van der Waals surface area contributed by atoms with Crippen LogP contribution in [0.4, 0.5) is 4.39 Å². The lowest BCUT2D eigenvalue weighted by Gasteiger charge is -1.86. The summed E-state index contributed by atoms with van der Waals surface area (Å²) in [5.41, 5.74) is 0.339. The SMILES string of the molecule is [C]c1ccc(F)cc1. The van der Waals surface area contributed by atoms with Crippen LogP contribution in [0.5, 0.6) is 0 Å². The van der Waals surface area contributed by atoms with Crippen molar-refractivity contribution in [1.82, 2.24) is 0 Å². The third-order valence-electron chi connectivity index (χ3n) is 0.844. The molecular formula is C7H4F. The second-order valence-corrected chi connectivity index (χ2v) is 1.51. The Kier molecular flexibility index (Phi) is 1.29. The van der Waals surface area contributed by atoms with E-state index < -0.39 is 0 Å². The highest BCUT2D eigenvalue weighted by atomic mass is 19.1. The van der Waals surface area contributed by atoms with Crippen molar-refractivity contribution in [3.8, 4) is 0 Å². The molecule has 0 saturated carbocycles. The van der Waals surface area contributed by atoms with Crippen molar-refractivity contribution >= 4 is 0 Å². The van der Waals surface area contributed by atoms with Crippen molar-refractivity contribution in [1.29, 1.82) is 0 Å². The van der Waals surface area contributed by atoms with Crippen molar-refractivity contribution in [2.45, 2.75) is 0 Å². The summed E-state index contributed by atoms with van der Waals surface area (Å²) in [6.45, 7) is 6.92. The molecule has 0 amide bonds. The second-order valence-electron chi connectivity index (χ2n) is 1.51. The minimum atomic E-state index is -0.291. The highest BCUT2D eigenvalue weighted by Gasteiger charge is 1.84. The van der Waals surface area contributed by atoms with E-state index in [2.05, 4.69) is 0 Å². The molecule has 0 bridgehead atoms. The average molecular weight is 107 g/mol. The van der Waals surface area contributed by atoms with Gasteiger partial charge in [-0.1, -0.05) is 12.1 Å². The monoisotopic (exact) mass is 107 g/mol. The number of hydrogen-bond acceptors (Lipinski definition) is 0. The summed E-state index contributed by atoms with van der Waals surface area (Å²) in [7, 11) is 0. The van der Waals surface area contributed by atoms with Crippen LogP contribution in [-0.2, 0) is 0 Å². The molecule has 0 heterocycles. The van der Waals surface area contributed by atoms with Crippen LogP contribution in [0.1, 0.15) is 5.56 Å². The van der Waals surface area contributed by atoms with Gasteiger partial charge in [0.25, 0.3) is 0 Å². The Balaban J connectivity index is 3.03. The maximum Gasteiger partial charge on any atom is 0.123 e. The van der Waals surface area contributed by atoms with Crippen LogP contribution >= 0.6 is 0 Å². The van der Waals surface area contributed by atoms with E-state index in [1.807, 2.05) is 0 Å². The fourth-order valence-corrected chi connectivity index (χ4v) is 0.450. The Hall–Kier alpha value is -0.850. The molecule has 1 aromatic rings. The molecule has 0 spiro atoms. The lowest BCUT2D eigenvalue weighted by atomic mass is 10.2. The van der Waals surface area contributed by atoms with Crippen LogP contribution in [0.15, 0.2) is 24.3 Å². The Morgan fingerprint density at radius 1 is 1.12 bits per heavy atom. The van der Waals surface area contributed by atoms with E-state index in [4.69, 9.17) is 6.92 Å². The molecule has 1 heteroatoms. The quantitative estimate of drug-likeness (QED) is 0.474. The van der Waals surface area contributed by atoms with Gasteiger partial charge < -0.3 is 0 Å². The Morgan fingerprint density at radius 2 is 1.62 bits per heavy atom. The van der Waals surface area contributed by atoms with Gasteiger partial charge >= 0.3 is 0 Å². The Labute approximate surface area is 48.0 Å². The molecule has 0 aliphatic heterocycles. The standard InChI is InChI=1S/C7H4F/c1-6-2-4-7(8)5-3-6/h2-5H. The zero-order valence-electron chi connectivity index (χ0n) is 4.19. The van der Waals surface area contributed by atoms with Crippen molar-refractivity contribution in [2.75, 3.05) is 0 Å². The van der Waals surface area contributed by atoms with Crippen LogP contribution in [0.3, 0.4) is 0 Å². The van der Waals surface area contributed by atoms with E-state index in [1.54, 1.807) is 0 Å². The molecule has 0 unspecified atom stereocenters. The second kappa shape index (κ2) is 1.95. The molecule has 0 aliphatic carbocycles. The molecule has 1 aromatic carbocycles. The van der Waals surface area contributed by atoms with Crippen molar-refractivity contribution in [3.63, 3.8) is 0 Å². The first-order valence-electron chi connectivity index (χ1n) is 2.26. The molecule has 3 radical (unpaired) electrons. The number of benzene rings is 1. The van der Waals surface area contributed by atoms with Gasteiger partial charge in [0.1, 0.15) is 5.82 Å². The summed E-state index contributed by atoms with van der Waals surface area (Å²) in [6, 6.07) is 5.36. The summed E-state index contributed by atoms with van der Waals surface area (Å²) < 4.78 is 12.0. The normalized spacial score (nSPS) is 9.25. The molecule has 0 N–H and O–H groups in total.